The highest BCUT2D eigenvalue weighted by atomic mass is 16.3. The Bertz CT molecular complexity index is 331. The van der Waals surface area contributed by atoms with Gasteiger partial charge in [-0.15, -0.1) is 0 Å². The van der Waals surface area contributed by atoms with Crippen LogP contribution in [0, 0.1) is 5.92 Å². The van der Waals surface area contributed by atoms with Crippen molar-refractivity contribution in [2.75, 3.05) is 0 Å². The lowest BCUT2D eigenvalue weighted by molar-refractivity contribution is -0.163. The molecule has 2 nitrogen and oxygen atoms in total. The highest BCUT2D eigenvalue weighted by Gasteiger charge is 2.52. The van der Waals surface area contributed by atoms with Crippen molar-refractivity contribution < 1.29 is 9.90 Å². The third kappa shape index (κ3) is 1.02. The zero-order valence-corrected chi connectivity index (χ0v) is 7.53. The first-order valence-corrected chi connectivity index (χ1v) is 4.47. The molecule has 2 unspecified atom stereocenters. The molecule has 0 heterocycles. The Kier molecular flexibility index (Phi) is 1.74. The molecule has 2 heteroatoms. The van der Waals surface area contributed by atoms with Crippen LogP contribution in [-0.4, -0.2) is 10.9 Å². The molecule has 1 aliphatic rings. The summed E-state index contributed by atoms with van der Waals surface area (Å²) in [5, 5.41) is 10.1. The fourth-order valence-corrected chi connectivity index (χ4v) is 1.86. The molecule has 0 amide bonds. The molecule has 2 atom stereocenters. The fraction of sp³-hybridized carbons (Fsp3) is 0.364. The van der Waals surface area contributed by atoms with Crippen LogP contribution in [0.3, 0.4) is 0 Å². The predicted octanol–water partition coefficient (Wildman–Crippen LogP) is 1.48. The zero-order chi connectivity index (χ0) is 9.47. The van der Waals surface area contributed by atoms with Crippen LogP contribution >= 0.6 is 0 Å². The van der Waals surface area contributed by atoms with E-state index in [0.717, 1.165) is 5.56 Å². The highest BCUT2D eigenvalue weighted by molar-refractivity contribution is 5.94. The van der Waals surface area contributed by atoms with Crippen LogP contribution in [0.2, 0.25) is 0 Å². The van der Waals surface area contributed by atoms with Crippen molar-refractivity contribution in [1.82, 2.24) is 0 Å². The number of Topliss-reactive ketones (excluding diaryl/α,β-unsaturated/α-hetero) is 1. The third-order valence-corrected chi connectivity index (χ3v) is 2.84. The number of benzene rings is 1. The van der Waals surface area contributed by atoms with Crippen molar-refractivity contribution in [2.45, 2.75) is 18.9 Å². The molecule has 1 aliphatic carbocycles. The molecule has 1 N–H and O–H groups in total. The summed E-state index contributed by atoms with van der Waals surface area (Å²) >= 11 is 0. The quantitative estimate of drug-likeness (QED) is 0.703. The molecule has 0 saturated heterocycles. The van der Waals surface area contributed by atoms with E-state index in [9.17, 15) is 9.90 Å². The summed E-state index contributed by atoms with van der Waals surface area (Å²) in [6.45, 7) is 1.90. The molecule has 68 valence electrons. The van der Waals surface area contributed by atoms with Crippen LogP contribution in [0.1, 0.15) is 18.9 Å². The first-order chi connectivity index (χ1) is 6.15. The summed E-state index contributed by atoms with van der Waals surface area (Å²) < 4.78 is 0. The number of carbonyl (C=O) groups is 1. The minimum absolute atomic E-state index is 0.0439. The van der Waals surface area contributed by atoms with Gasteiger partial charge in [-0.1, -0.05) is 37.3 Å². The Morgan fingerprint density at radius 3 is 2.46 bits per heavy atom. The predicted molar refractivity (Wildman–Crippen MR) is 49.1 cm³/mol. The topological polar surface area (TPSA) is 37.3 Å². The second kappa shape index (κ2) is 2.67. The number of carbonyl (C=O) groups excluding carboxylic acids is 1. The van der Waals surface area contributed by atoms with Crippen molar-refractivity contribution in [1.29, 1.82) is 0 Å². The second-order valence-electron chi connectivity index (χ2n) is 3.66. The molecule has 1 saturated carbocycles. The maximum absolute atomic E-state index is 11.3. The number of hydrogen-bond acceptors (Lipinski definition) is 2. The monoisotopic (exact) mass is 176 g/mol. The number of rotatable bonds is 1. The van der Waals surface area contributed by atoms with Gasteiger partial charge < -0.3 is 5.11 Å². The van der Waals surface area contributed by atoms with E-state index < -0.39 is 5.60 Å². The summed E-state index contributed by atoms with van der Waals surface area (Å²) in [5.74, 6) is -0.0198. The molecule has 1 aromatic carbocycles. The summed E-state index contributed by atoms with van der Waals surface area (Å²) in [5.41, 5.74) is -0.486. The molecule has 0 aliphatic heterocycles. The van der Waals surface area contributed by atoms with Crippen LogP contribution in [-0.2, 0) is 10.4 Å². The molecule has 0 radical (unpaired) electrons. The average molecular weight is 176 g/mol. The molecule has 1 aromatic rings. The number of hydrogen-bond donors (Lipinski definition) is 1. The highest BCUT2D eigenvalue weighted by Crippen LogP contribution is 2.42. The van der Waals surface area contributed by atoms with Gasteiger partial charge in [0.05, 0.1) is 0 Å². The second-order valence-corrected chi connectivity index (χ2v) is 3.66. The summed E-state index contributed by atoms with van der Waals surface area (Å²) in [6.07, 6.45) is 0.491. The van der Waals surface area contributed by atoms with Crippen LogP contribution in [0.25, 0.3) is 0 Å². The third-order valence-electron chi connectivity index (χ3n) is 2.84. The van der Waals surface area contributed by atoms with Crippen molar-refractivity contribution in [2.24, 2.45) is 5.92 Å². The van der Waals surface area contributed by atoms with Crippen LogP contribution in [0.4, 0.5) is 0 Å². The lowest BCUT2D eigenvalue weighted by atomic mass is 9.65. The largest absolute Gasteiger partial charge is 0.377 e. The van der Waals surface area contributed by atoms with Gasteiger partial charge in [-0.05, 0) is 5.56 Å². The maximum Gasteiger partial charge on any atom is 0.169 e. The molecule has 0 spiro atoms. The van der Waals surface area contributed by atoms with Gasteiger partial charge in [-0.2, -0.15) is 0 Å². The summed E-state index contributed by atoms with van der Waals surface area (Å²) in [4.78, 5) is 11.3. The Morgan fingerprint density at radius 2 is 2.00 bits per heavy atom. The van der Waals surface area contributed by atoms with E-state index in [2.05, 4.69) is 0 Å². The van der Waals surface area contributed by atoms with E-state index in [4.69, 9.17) is 0 Å². The van der Waals surface area contributed by atoms with Gasteiger partial charge in [0.25, 0.3) is 0 Å². The van der Waals surface area contributed by atoms with Crippen molar-refractivity contribution in [3.05, 3.63) is 35.9 Å². The molecular weight excluding hydrogens is 164 g/mol. The normalized spacial score (nSPS) is 32.8. The first kappa shape index (κ1) is 8.45. The van der Waals surface area contributed by atoms with E-state index in [1.165, 1.54) is 0 Å². The standard InChI is InChI=1S/C11H12O2/c1-8-7-10(12)11(8,13)9-5-3-2-4-6-9/h2-6,8,13H,7H2,1H3. The molecule has 0 aromatic heterocycles. The number of ketones is 1. The van der Waals surface area contributed by atoms with Crippen LogP contribution < -0.4 is 0 Å². The Labute approximate surface area is 77.2 Å². The van der Waals surface area contributed by atoms with Gasteiger partial charge in [0.15, 0.2) is 11.4 Å². The Hall–Kier alpha value is -1.15. The van der Waals surface area contributed by atoms with E-state index in [1.54, 1.807) is 12.1 Å². The Morgan fingerprint density at radius 1 is 1.38 bits per heavy atom. The minimum Gasteiger partial charge on any atom is -0.377 e. The lowest BCUT2D eigenvalue weighted by Crippen LogP contribution is -2.52. The lowest BCUT2D eigenvalue weighted by Gasteiger charge is -2.41. The molecule has 1 fully saturated rings. The van der Waals surface area contributed by atoms with Gasteiger partial charge in [-0.3, -0.25) is 4.79 Å². The van der Waals surface area contributed by atoms with E-state index in [0.29, 0.717) is 6.42 Å². The van der Waals surface area contributed by atoms with Crippen molar-refractivity contribution >= 4 is 5.78 Å². The van der Waals surface area contributed by atoms with Gasteiger partial charge in [0.2, 0.25) is 0 Å². The molecular formula is C11H12O2. The first-order valence-electron chi connectivity index (χ1n) is 4.47. The van der Waals surface area contributed by atoms with Crippen LogP contribution in [0.15, 0.2) is 30.3 Å². The van der Waals surface area contributed by atoms with E-state index in [1.807, 2.05) is 25.1 Å². The average Bonchev–Trinajstić information content (AvgIpc) is 2.18. The molecule has 2 rings (SSSR count). The van der Waals surface area contributed by atoms with Gasteiger partial charge in [0, 0.05) is 12.3 Å². The van der Waals surface area contributed by atoms with E-state index >= 15 is 0 Å². The van der Waals surface area contributed by atoms with Crippen molar-refractivity contribution in [3.63, 3.8) is 0 Å². The smallest absolute Gasteiger partial charge is 0.169 e. The fourth-order valence-electron chi connectivity index (χ4n) is 1.86. The summed E-state index contributed by atoms with van der Waals surface area (Å²) in [7, 11) is 0. The minimum atomic E-state index is -1.21. The Balaban J connectivity index is 2.40. The van der Waals surface area contributed by atoms with Gasteiger partial charge >= 0.3 is 0 Å². The van der Waals surface area contributed by atoms with Gasteiger partial charge in [-0.25, -0.2) is 0 Å². The summed E-state index contributed by atoms with van der Waals surface area (Å²) in [6, 6.07) is 9.15. The SMILES string of the molecule is CC1CC(=O)C1(O)c1ccccc1. The van der Waals surface area contributed by atoms with E-state index in [-0.39, 0.29) is 11.7 Å². The molecule has 13 heavy (non-hydrogen) atoms. The zero-order valence-electron chi connectivity index (χ0n) is 7.53. The van der Waals surface area contributed by atoms with Crippen molar-refractivity contribution in [3.8, 4) is 0 Å². The van der Waals surface area contributed by atoms with Crippen LogP contribution in [0.5, 0.6) is 0 Å². The maximum atomic E-state index is 11.3. The number of aliphatic hydroxyl groups is 1. The van der Waals surface area contributed by atoms with Gasteiger partial charge in [0.1, 0.15) is 0 Å². The molecule has 0 bridgehead atoms.